The minimum Gasteiger partial charge on any atom is -0.384 e. The van der Waals surface area contributed by atoms with Gasteiger partial charge in [0.25, 0.3) is 0 Å². The van der Waals surface area contributed by atoms with Crippen molar-refractivity contribution in [3.63, 3.8) is 0 Å². The third-order valence-electron chi connectivity index (χ3n) is 2.39. The molecule has 2 nitrogen and oxygen atoms in total. The Bertz CT molecular complexity index is 395. The van der Waals surface area contributed by atoms with Crippen molar-refractivity contribution in [1.29, 1.82) is 0 Å². The van der Waals surface area contributed by atoms with Gasteiger partial charge in [-0.25, -0.2) is 0 Å². The van der Waals surface area contributed by atoms with Gasteiger partial charge in [-0.2, -0.15) is 13.2 Å². The maximum atomic E-state index is 12.5. The summed E-state index contributed by atoms with van der Waals surface area (Å²) in [6.45, 7) is 2.95. The van der Waals surface area contributed by atoms with Crippen LogP contribution in [0.3, 0.4) is 0 Å². The Labute approximate surface area is 109 Å². The Balaban J connectivity index is 2.76. The van der Waals surface area contributed by atoms with Crippen molar-refractivity contribution >= 4 is 17.3 Å². The molecule has 0 aromatic heterocycles. The predicted octanol–water partition coefficient (Wildman–Crippen LogP) is 4.05. The van der Waals surface area contributed by atoms with E-state index in [0.29, 0.717) is 13.2 Å². The second-order valence-electron chi connectivity index (χ2n) is 4.13. The molecule has 6 heteroatoms. The van der Waals surface area contributed by atoms with E-state index in [2.05, 4.69) is 5.32 Å². The van der Waals surface area contributed by atoms with E-state index >= 15 is 0 Å². The standard InChI is InChI=1S/C12H15ClF3NO/c1-8(7-18-2)6-17-11-5-9(12(14,15)16)3-4-10(11)13/h3-5,8,17H,6-7H2,1-2H3. The number of rotatable bonds is 5. The molecule has 1 unspecified atom stereocenters. The first kappa shape index (κ1) is 15.1. The maximum absolute atomic E-state index is 12.5. The molecule has 1 rings (SSSR count). The van der Waals surface area contributed by atoms with Crippen molar-refractivity contribution in [2.24, 2.45) is 5.92 Å². The first-order valence-electron chi connectivity index (χ1n) is 5.44. The van der Waals surface area contributed by atoms with Gasteiger partial charge < -0.3 is 10.1 Å². The van der Waals surface area contributed by atoms with Crippen LogP contribution in [0.4, 0.5) is 18.9 Å². The number of benzene rings is 1. The highest BCUT2D eigenvalue weighted by atomic mass is 35.5. The summed E-state index contributed by atoms with van der Waals surface area (Å²) in [5, 5.41) is 3.17. The summed E-state index contributed by atoms with van der Waals surface area (Å²) in [5.74, 6) is 0.181. The highest BCUT2D eigenvalue weighted by Crippen LogP contribution is 2.33. The Morgan fingerprint density at radius 2 is 2.06 bits per heavy atom. The van der Waals surface area contributed by atoms with Crippen molar-refractivity contribution in [2.45, 2.75) is 13.1 Å². The molecule has 0 aliphatic heterocycles. The smallest absolute Gasteiger partial charge is 0.384 e. The van der Waals surface area contributed by atoms with Crippen LogP contribution in [-0.2, 0) is 10.9 Å². The highest BCUT2D eigenvalue weighted by Gasteiger charge is 2.30. The van der Waals surface area contributed by atoms with Gasteiger partial charge in [-0.3, -0.25) is 0 Å². The van der Waals surface area contributed by atoms with E-state index < -0.39 is 11.7 Å². The zero-order valence-electron chi connectivity index (χ0n) is 10.1. The molecule has 0 saturated carbocycles. The fourth-order valence-electron chi connectivity index (χ4n) is 1.46. The van der Waals surface area contributed by atoms with Gasteiger partial charge in [-0.05, 0) is 24.1 Å². The third-order valence-corrected chi connectivity index (χ3v) is 2.72. The Morgan fingerprint density at radius 3 is 2.61 bits per heavy atom. The minimum absolute atomic E-state index is 0.181. The van der Waals surface area contributed by atoms with Gasteiger partial charge in [0.1, 0.15) is 0 Å². The topological polar surface area (TPSA) is 21.3 Å². The molecule has 0 aliphatic carbocycles. The Hall–Kier alpha value is -0.940. The summed E-state index contributed by atoms with van der Waals surface area (Å²) < 4.78 is 42.5. The quantitative estimate of drug-likeness (QED) is 0.879. The molecule has 0 amide bonds. The van der Waals surface area contributed by atoms with Crippen LogP contribution in [0.1, 0.15) is 12.5 Å². The molecule has 0 spiro atoms. The number of anilines is 1. The van der Waals surface area contributed by atoms with Gasteiger partial charge >= 0.3 is 6.18 Å². The first-order valence-corrected chi connectivity index (χ1v) is 5.82. The monoisotopic (exact) mass is 281 g/mol. The van der Waals surface area contributed by atoms with E-state index in [0.717, 1.165) is 12.1 Å². The van der Waals surface area contributed by atoms with Crippen molar-refractivity contribution in [1.82, 2.24) is 0 Å². The van der Waals surface area contributed by atoms with Gasteiger partial charge in [-0.1, -0.05) is 18.5 Å². The number of ether oxygens (including phenoxy) is 1. The largest absolute Gasteiger partial charge is 0.416 e. The molecule has 0 radical (unpaired) electrons. The average Bonchev–Trinajstić information content (AvgIpc) is 2.26. The molecule has 1 aromatic rings. The second kappa shape index (κ2) is 6.29. The summed E-state index contributed by atoms with van der Waals surface area (Å²) in [6.07, 6.45) is -4.36. The lowest BCUT2D eigenvalue weighted by atomic mass is 10.1. The Morgan fingerprint density at radius 1 is 1.39 bits per heavy atom. The van der Waals surface area contributed by atoms with Crippen LogP contribution < -0.4 is 5.32 Å². The molecule has 102 valence electrons. The van der Waals surface area contributed by atoms with Crippen LogP contribution in [0.25, 0.3) is 0 Å². The maximum Gasteiger partial charge on any atom is 0.416 e. The lowest BCUT2D eigenvalue weighted by Gasteiger charge is -2.15. The second-order valence-corrected chi connectivity index (χ2v) is 4.54. The van der Waals surface area contributed by atoms with Gasteiger partial charge in [0.05, 0.1) is 22.9 Å². The number of halogens is 4. The van der Waals surface area contributed by atoms with Crippen LogP contribution in [0.15, 0.2) is 18.2 Å². The molecule has 0 fully saturated rings. The number of hydrogen-bond donors (Lipinski definition) is 1. The predicted molar refractivity (Wildman–Crippen MR) is 66.0 cm³/mol. The minimum atomic E-state index is -4.36. The molecule has 1 atom stereocenters. The Kier molecular flexibility index (Phi) is 5.28. The molecule has 0 bridgehead atoms. The SMILES string of the molecule is COCC(C)CNc1cc(C(F)(F)F)ccc1Cl. The molecule has 0 aliphatic rings. The summed E-state index contributed by atoms with van der Waals surface area (Å²) >= 11 is 5.85. The van der Waals surface area contributed by atoms with Gasteiger partial charge in [-0.15, -0.1) is 0 Å². The number of hydrogen-bond acceptors (Lipinski definition) is 2. The molecule has 18 heavy (non-hydrogen) atoms. The van der Waals surface area contributed by atoms with Crippen molar-refractivity contribution in [2.75, 3.05) is 25.6 Å². The van der Waals surface area contributed by atoms with Crippen LogP contribution >= 0.6 is 11.6 Å². The lowest BCUT2D eigenvalue weighted by molar-refractivity contribution is -0.137. The molecule has 1 N–H and O–H groups in total. The van der Waals surface area contributed by atoms with Crippen LogP contribution in [0, 0.1) is 5.92 Å². The summed E-state index contributed by atoms with van der Waals surface area (Å²) in [4.78, 5) is 0. The van der Waals surface area contributed by atoms with Crippen molar-refractivity contribution in [3.05, 3.63) is 28.8 Å². The number of methoxy groups -OCH3 is 1. The number of nitrogens with one attached hydrogen (secondary N) is 1. The normalized spacial score (nSPS) is 13.4. The molecular weight excluding hydrogens is 267 g/mol. The van der Waals surface area contributed by atoms with E-state index in [9.17, 15) is 13.2 Å². The van der Waals surface area contributed by atoms with E-state index in [1.165, 1.54) is 6.07 Å². The molecule has 0 heterocycles. The molecule has 1 aromatic carbocycles. The van der Waals surface area contributed by atoms with E-state index in [4.69, 9.17) is 16.3 Å². The zero-order valence-corrected chi connectivity index (χ0v) is 10.9. The summed E-state index contributed by atoms with van der Waals surface area (Å²) in [6, 6.07) is 3.22. The van der Waals surface area contributed by atoms with Crippen LogP contribution in [0.5, 0.6) is 0 Å². The fourth-order valence-corrected chi connectivity index (χ4v) is 1.65. The van der Waals surface area contributed by atoms with E-state index in [1.54, 1.807) is 7.11 Å². The van der Waals surface area contributed by atoms with Gasteiger partial charge in [0.2, 0.25) is 0 Å². The highest BCUT2D eigenvalue weighted by molar-refractivity contribution is 6.33. The summed E-state index contributed by atoms with van der Waals surface area (Å²) in [5.41, 5.74) is -0.428. The molecule has 0 saturated heterocycles. The summed E-state index contributed by atoms with van der Waals surface area (Å²) in [7, 11) is 1.58. The lowest BCUT2D eigenvalue weighted by Crippen LogP contribution is -2.16. The van der Waals surface area contributed by atoms with E-state index in [1.807, 2.05) is 6.92 Å². The fraction of sp³-hybridized carbons (Fsp3) is 0.500. The number of alkyl halides is 3. The van der Waals surface area contributed by atoms with Crippen LogP contribution in [-0.4, -0.2) is 20.3 Å². The zero-order chi connectivity index (χ0) is 13.8. The van der Waals surface area contributed by atoms with Crippen LogP contribution in [0.2, 0.25) is 5.02 Å². The average molecular weight is 282 g/mol. The van der Waals surface area contributed by atoms with E-state index in [-0.39, 0.29) is 16.6 Å². The molecular formula is C12H15ClF3NO. The third kappa shape index (κ3) is 4.38. The van der Waals surface area contributed by atoms with Crippen molar-refractivity contribution < 1.29 is 17.9 Å². The van der Waals surface area contributed by atoms with Gasteiger partial charge in [0, 0.05) is 13.7 Å². The van der Waals surface area contributed by atoms with Gasteiger partial charge in [0.15, 0.2) is 0 Å². The van der Waals surface area contributed by atoms with Crippen molar-refractivity contribution in [3.8, 4) is 0 Å². The first-order chi connectivity index (χ1) is 8.34.